The highest BCUT2D eigenvalue weighted by molar-refractivity contribution is 6.35. The maximum absolute atomic E-state index is 13.9. The van der Waals surface area contributed by atoms with E-state index < -0.39 is 23.4 Å². The fourth-order valence-corrected chi connectivity index (χ4v) is 6.24. The lowest BCUT2D eigenvalue weighted by atomic mass is 9.76. The Balaban J connectivity index is 1.40. The molecule has 2 fully saturated rings. The summed E-state index contributed by atoms with van der Waals surface area (Å²) in [6, 6.07) is 21.2. The molecule has 3 aromatic carbocycles. The van der Waals surface area contributed by atoms with Crippen LogP contribution < -0.4 is 10.6 Å². The van der Waals surface area contributed by atoms with Crippen molar-refractivity contribution in [3.05, 3.63) is 94.5 Å². The van der Waals surface area contributed by atoms with E-state index in [-0.39, 0.29) is 30.0 Å². The van der Waals surface area contributed by atoms with Crippen LogP contribution in [0.4, 0.5) is 5.69 Å². The first-order valence-electron chi connectivity index (χ1n) is 12.0. The van der Waals surface area contributed by atoms with Crippen molar-refractivity contribution < 1.29 is 19.5 Å². The van der Waals surface area contributed by atoms with E-state index in [4.69, 9.17) is 11.6 Å². The van der Waals surface area contributed by atoms with Gasteiger partial charge in [-0.1, -0.05) is 66.2 Å². The average molecular weight is 502 g/mol. The van der Waals surface area contributed by atoms with E-state index in [0.29, 0.717) is 29.1 Å². The molecule has 182 valence electrons. The lowest BCUT2D eigenvalue weighted by Gasteiger charge is -2.29. The minimum Gasteiger partial charge on any atom is -0.508 e. The van der Waals surface area contributed by atoms with E-state index >= 15 is 0 Å². The molecule has 2 saturated heterocycles. The number of amides is 3. The van der Waals surface area contributed by atoms with E-state index in [1.165, 1.54) is 4.90 Å². The Hall–Kier alpha value is -3.68. The van der Waals surface area contributed by atoms with Crippen LogP contribution in [0.2, 0.25) is 5.02 Å². The lowest BCUT2D eigenvalue weighted by Crippen LogP contribution is -2.53. The molecule has 3 N–H and O–H groups in total. The van der Waals surface area contributed by atoms with E-state index in [1.54, 1.807) is 42.5 Å². The number of nitrogens with zero attached hydrogens (tertiary/aromatic N) is 1. The van der Waals surface area contributed by atoms with Gasteiger partial charge in [-0.25, -0.2) is 0 Å². The molecular weight excluding hydrogens is 478 g/mol. The van der Waals surface area contributed by atoms with Gasteiger partial charge in [0.15, 0.2) is 0 Å². The molecule has 7 nitrogen and oxygen atoms in total. The minimum absolute atomic E-state index is 0.144. The number of hydrogen-bond acceptors (Lipinski definition) is 5. The summed E-state index contributed by atoms with van der Waals surface area (Å²) in [4.78, 5) is 42.6. The molecule has 8 heteroatoms. The zero-order chi connectivity index (χ0) is 25.0. The predicted molar refractivity (Wildman–Crippen MR) is 134 cm³/mol. The van der Waals surface area contributed by atoms with Gasteiger partial charge in [-0.2, -0.15) is 0 Å². The van der Waals surface area contributed by atoms with Crippen LogP contribution in [0, 0.1) is 11.8 Å². The van der Waals surface area contributed by atoms with E-state index in [0.717, 1.165) is 11.1 Å². The van der Waals surface area contributed by atoms with Gasteiger partial charge >= 0.3 is 0 Å². The molecule has 6 rings (SSSR count). The molecule has 3 aliphatic heterocycles. The van der Waals surface area contributed by atoms with Crippen molar-refractivity contribution in [2.24, 2.45) is 11.8 Å². The molecule has 0 radical (unpaired) electrons. The Kier molecular flexibility index (Phi) is 5.35. The van der Waals surface area contributed by atoms with Crippen molar-refractivity contribution in [1.29, 1.82) is 0 Å². The maximum atomic E-state index is 13.9. The number of anilines is 1. The van der Waals surface area contributed by atoms with Crippen molar-refractivity contribution in [2.75, 3.05) is 11.9 Å². The Morgan fingerprint density at radius 2 is 1.64 bits per heavy atom. The molecule has 3 heterocycles. The third kappa shape index (κ3) is 3.34. The summed E-state index contributed by atoms with van der Waals surface area (Å²) >= 11 is 6.40. The number of phenols is 1. The van der Waals surface area contributed by atoms with Crippen molar-refractivity contribution in [3.63, 3.8) is 0 Å². The quantitative estimate of drug-likeness (QED) is 0.466. The molecular formula is C28H24ClN3O4. The lowest BCUT2D eigenvalue weighted by molar-refractivity contribution is -0.142. The van der Waals surface area contributed by atoms with Crippen molar-refractivity contribution in [2.45, 2.75) is 24.4 Å². The number of carbonyl (C=O) groups is 3. The van der Waals surface area contributed by atoms with Crippen LogP contribution in [-0.2, 0) is 32.8 Å². The smallest absolute Gasteiger partial charge is 0.250 e. The summed E-state index contributed by atoms with van der Waals surface area (Å²) < 4.78 is 0. The molecule has 4 atom stereocenters. The summed E-state index contributed by atoms with van der Waals surface area (Å²) in [5, 5.41) is 16.3. The highest BCUT2D eigenvalue weighted by Crippen LogP contribution is 2.54. The second-order valence-electron chi connectivity index (χ2n) is 9.61. The van der Waals surface area contributed by atoms with Gasteiger partial charge in [0.2, 0.25) is 17.7 Å². The Morgan fingerprint density at radius 1 is 0.889 bits per heavy atom. The average Bonchev–Trinajstić information content (AvgIpc) is 3.45. The van der Waals surface area contributed by atoms with Crippen LogP contribution in [0.1, 0.15) is 16.7 Å². The largest absolute Gasteiger partial charge is 0.508 e. The second kappa shape index (κ2) is 8.47. The number of carbonyl (C=O) groups excluding carboxylic acids is 3. The molecule has 0 saturated carbocycles. The number of benzene rings is 3. The number of imide groups is 1. The fourth-order valence-electron chi connectivity index (χ4n) is 6.02. The Labute approximate surface area is 213 Å². The first kappa shape index (κ1) is 22.8. The van der Waals surface area contributed by atoms with E-state index in [2.05, 4.69) is 10.6 Å². The first-order valence-corrected chi connectivity index (χ1v) is 12.3. The predicted octanol–water partition coefficient (Wildman–Crippen LogP) is 3.25. The molecule has 0 unspecified atom stereocenters. The van der Waals surface area contributed by atoms with Gasteiger partial charge in [-0.15, -0.1) is 0 Å². The molecule has 36 heavy (non-hydrogen) atoms. The number of aromatic hydroxyl groups is 1. The minimum atomic E-state index is -1.39. The topological polar surface area (TPSA) is 98.7 Å². The maximum Gasteiger partial charge on any atom is 0.250 e. The third-order valence-corrected chi connectivity index (χ3v) is 7.96. The highest BCUT2D eigenvalue weighted by atomic mass is 35.5. The van der Waals surface area contributed by atoms with Crippen molar-refractivity contribution >= 4 is 35.0 Å². The van der Waals surface area contributed by atoms with Gasteiger partial charge in [-0.3, -0.25) is 24.6 Å². The summed E-state index contributed by atoms with van der Waals surface area (Å²) in [7, 11) is 0. The van der Waals surface area contributed by atoms with Crippen LogP contribution in [0.5, 0.6) is 5.75 Å². The van der Waals surface area contributed by atoms with Gasteiger partial charge in [0, 0.05) is 18.2 Å². The van der Waals surface area contributed by atoms with E-state index in [1.807, 2.05) is 30.3 Å². The molecule has 3 amide bonds. The van der Waals surface area contributed by atoms with Crippen molar-refractivity contribution in [1.82, 2.24) is 10.2 Å². The summed E-state index contributed by atoms with van der Waals surface area (Å²) in [6.45, 7) is 0.251. The third-order valence-electron chi connectivity index (χ3n) is 7.65. The first-order chi connectivity index (χ1) is 17.4. The van der Waals surface area contributed by atoms with E-state index in [9.17, 15) is 19.5 Å². The number of phenolic OH excluding ortho intramolecular Hbond substituents is 1. The molecule has 3 aromatic rings. The molecule has 0 aliphatic carbocycles. The molecule has 3 aliphatic rings. The highest BCUT2D eigenvalue weighted by Gasteiger charge is 2.70. The van der Waals surface area contributed by atoms with Crippen molar-refractivity contribution in [3.8, 4) is 5.75 Å². The summed E-state index contributed by atoms with van der Waals surface area (Å²) in [6.07, 6.45) is 0.952. The van der Waals surface area contributed by atoms with Crippen LogP contribution in [0.3, 0.4) is 0 Å². The van der Waals surface area contributed by atoms with Gasteiger partial charge in [-0.05, 0) is 42.2 Å². The van der Waals surface area contributed by atoms with Gasteiger partial charge in [0.1, 0.15) is 11.3 Å². The van der Waals surface area contributed by atoms with Gasteiger partial charge in [0.05, 0.1) is 22.5 Å². The number of halogens is 1. The van der Waals surface area contributed by atoms with Crippen LogP contribution >= 0.6 is 11.6 Å². The van der Waals surface area contributed by atoms with Crippen LogP contribution in [0.15, 0.2) is 72.8 Å². The number of hydrogen-bond donors (Lipinski definition) is 3. The van der Waals surface area contributed by atoms with Crippen LogP contribution in [0.25, 0.3) is 0 Å². The number of fused-ring (bicyclic) bond motifs is 4. The SMILES string of the molecule is O=C1[C@H]2[C@H](Cc3ccc(O)cc3)N[C@@]3(C(=O)Nc4c(Cl)cccc43)[C@@H]2C(=O)N1CCc1ccccc1. The van der Waals surface area contributed by atoms with Crippen LogP contribution in [-0.4, -0.2) is 40.3 Å². The monoisotopic (exact) mass is 501 g/mol. The number of nitrogens with one attached hydrogen (secondary N) is 2. The summed E-state index contributed by atoms with van der Waals surface area (Å²) in [5.74, 6) is -2.44. The normalized spacial score (nSPS) is 26.4. The summed E-state index contributed by atoms with van der Waals surface area (Å²) in [5.41, 5.74) is 1.59. The zero-order valence-electron chi connectivity index (χ0n) is 19.3. The number of likely N-dealkylation sites (tertiary alicyclic amines) is 1. The fraction of sp³-hybridized carbons (Fsp3) is 0.250. The zero-order valence-corrected chi connectivity index (χ0v) is 20.0. The molecule has 1 spiro atoms. The Morgan fingerprint density at radius 3 is 2.39 bits per heavy atom. The van der Waals surface area contributed by atoms with Gasteiger partial charge in [0.25, 0.3) is 0 Å². The molecule has 0 aromatic heterocycles. The molecule has 0 bridgehead atoms. The second-order valence-corrected chi connectivity index (χ2v) is 10.0. The number of para-hydroxylation sites is 1. The van der Waals surface area contributed by atoms with Gasteiger partial charge < -0.3 is 10.4 Å². The number of rotatable bonds is 5. The standard InChI is InChI=1S/C28H24ClN3O4/c29-20-8-4-7-19-24(20)30-27(36)28(19)23-22(21(31-28)15-17-9-11-18(33)12-10-17)25(34)32(26(23)35)14-13-16-5-2-1-3-6-16/h1-12,21-23,31,33H,13-15H2,(H,30,36)/t21-,22-,23-,28+/m0/s1. The Bertz CT molecular complexity index is 1380.